The summed E-state index contributed by atoms with van der Waals surface area (Å²) in [5.74, 6) is 0. The number of nitrogens with one attached hydrogen (secondary N) is 1. The fourth-order valence-corrected chi connectivity index (χ4v) is 3.63. The van der Waals surface area contributed by atoms with Crippen LogP contribution in [-0.4, -0.2) is 31.6 Å². The molecule has 0 atom stereocenters. The van der Waals surface area contributed by atoms with Crippen molar-refractivity contribution in [3.05, 3.63) is 24.3 Å². The van der Waals surface area contributed by atoms with Gasteiger partial charge in [0.2, 0.25) is 10.0 Å². The van der Waals surface area contributed by atoms with Crippen LogP contribution in [0.5, 0.6) is 0 Å². The zero-order chi connectivity index (χ0) is 13.9. The van der Waals surface area contributed by atoms with Crippen LogP contribution in [0.2, 0.25) is 0 Å². The minimum absolute atomic E-state index is 0.0156. The summed E-state index contributed by atoms with van der Waals surface area (Å²) in [6.07, 6.45) is 5.05. The third-order valence-corrected chi connectivity index (χ3v) is 4.95. The second-order valence-electron chi connectivity index (χ2n) is 4.90. The van der Waals surface area contributed by atoms with E-state index < -0.39 is 17.1 Å². The molecule has 7 heteroatoms. The van der Waals surface area contributed by atoms with Crippen molar-refractivity contribution < 1.29 is 18.5 Å². The van der Waals surface area contributed by atoms with E-state index in [0.717, 1.165) is 25.7 Å². The Balaban J connectivity index is 2.10. The van der Waals surface area contributed by atoms with Gasteiger partial charge in [0, 0.05) is 6.04 Å². The van der Waals surface area contributed by atoms with Gasteiger partial charge in [-0.25, -0.2) is 13.1 Å². The summed E-state index contributed by atoms with van der Waals surface area (Å²) in [7, 11) is -5.10. The molecule has 1 fully saturated rings. The summed E-state index contributed by atoms with van der Waals surface area (Å²) in [4.78, 5) is 0.155. The Bertz CT molecular complexity index is 509. The van der Waals surface area contributed by atoms with Crippen LogP contribution >= 0.6 is 0 Å². The van der Waals surface area contributed by atoms with Crippen LogP contribution in [0.15, 0.2) is 29.2 Å². The van der Waals surface area contributed by atoms with Crippen molar-refractivity contribution in [2.75, 3.05) is 0 Å². The summed E-state index contributed by atoms with van der Waals surface area (Å²) >= 11 is 0. The first-order valence-corrected chi connectivity index (χ1v) is 7.96. The third-order valence-electron chi connectivity index (χ3n) is 3.42. The molecule has 0 aliphatic heterocycles. The van der Waals surface area contributed by atoms with Crippen molar-refractivity contribution in [2.45, 2.75) is 43.0 Å². The number of rotatable bonds is 4. The minimum Gasteiger partial charge on any atom is -0.423 e. The lowest BCUT2D eigenvalue weighted by atomic mass is 9.81. The molecule has 3 N–H and O–H groups in total. The third kappa shape index (κ3) is 3.79. The molecule has 0 aromatic heterocycles. The Morgan fingerprint density at radius 1 is 1.05 bits per heavy atom. The Morgan fingerprint density at radius 3 is 2.16 bits per heavy atom. The highest BCUT2D eigenvalue weighted by Crippen LogP contribution is 2.19. The first-order valence-electron chi connectivity index (χ1n) is 6.47. The number of sulfonamides is 1. The molecule has 1 aromatic rings. The molecule has 0 radical (unpaired) electrons. The van der Waals surface area contributed by atoms with Gasteiger partial charge >= 0.3 is 7.12 Å². The van der Waals surface area contributed by atoms with E-state index in [2.05, 4.69) is 4.72 Å². The molecule has 1 aliphatic carbocycles. The van der Waals surface area contributed by atoms with Crippen LogP contribution < -0.4 is 10.2 Å². The van der Waals surface area contributed by atoms with Gasteiger partial charge in [0.15, 0.2) is 0 Å². The quantitative estimate of drug-likeness (QED) is 0.678. The van der Waals surface area contributed by atoms with Crippen molar-refractivity contribution in [1.82, 2.24) is 4.72 Å². The highest BCUT2D eigenvalue weighted by molar-refractivity contribution is 7.89. The summed E-state index contributed by atoms with van der Waals surface area (Å²) in [5.41, 5.74) is 0.275. The molecule has 0 spiro atoms. The molecule has 5 nitrogen and oxygen atoms in total. The van der Waals surface area contributed by atoms with E-state index in [0.29, 0.717) is 0 Å². The predicted octanol–water partition coefficient (Wildman–Crippen LogP) is -0.0226. The molecule has 1 saturated carbocycles. The van der Waals surface area contributed by atoms with Gasteiger partial charge in [0.25, 0.3) is 0 Å². The predicted molar refractivity (Wildman–Crippen MR) is 73.5 cm³/mol. The Hall–Kier alpha value is -0.885. The fraction of sp³-hybridized carbons (Fsp3) is 0.500. The van der Waals surface area contributed by atoms with E-state index in [4.69, 9.17) is 10.0 Å². The van der Waals surface area contributed by atoms with Gasteiger partial charge in [0.05, 0.1) is 4.90 Å². The maximum Gasteiger partial charge on any atom is 0.488 e. The van der Waals surface area contributed by atoms with Crippen LogP contribution in [0.1, 0.15) is 32.1 Å². The molecule has 0 amide bonds. The number of hydrogen-bond donors (Lipinski definition) is 3. The van der Waals surface area contributed by atoms with Crippen LogP contribution in [-0.2, 0) is 10.0 Å². The Labute approximate surface area is 113 Å². The molecule has 0 bridgehead atoms. The standard InChI is InChI=1S/C12H18BNO4S/c15-13(16)10-6-8-12(9-7-10)19(17,18)14-11-4-2-1-3-5-11/h6-9,11,14-16H,1-5H2. The lowest BCUT2D eigenvalue weighted by molar-refractivity contribution is 0.412. The molecule has 104 valence electrons. The summed E-state index contributed by atoms with van der Waals surface area (Å²) in [6.45, 7) is 0. The molecule has 1 aromatic carbocycles. The molecule has 1 aliphatic rings. The van der Waals surface area contributed by atoms with Crippen LogP contribution in [0.3, 0.4) is 0 Å². The van der Waals surface area contributed by atoms with Gasteiger partial charge in [0.1, 0.15) is 0 Å². The van der Waals surface area contributed by atoms with Crippen molar-refractivity contribution in [3.63, 3.8) is 0 Å². The minimum atomic E-state index is -3.52. The largest absolute Gasteiger partial charge is 0.488 e. The number of hydrogen-bond acceptors (Lipinski definition) is 4. The van der Waals surface area contributed by atoms with Crippen LogP contribution in [0.4, 0.5) is 0 Å². The topological polar surface area (TPSA) is 86.6 Å². The maximum atomic E-state index is 12.1. The Morgan fingerprint density at radius 2 is 1.63 bits per heavy atom. The first kappa shape index (κ1) is 14.5. The van der Waals surface area contributed by atoms with Gasteiger partial charge in [-0.2, -0.15) is 0 Å². The first-order chi connectivity index (χ1) is 8.99. The lowest BCUT2D eigenvalue weighted by Gasteiger charge is -2.22. The van der Waals surface area contributed by atoms with Gasteiger partial charge in [-0.1, -0.05) is 31.4 Å². The molecule has 0 unspecified atom stereocenters. The molecule has 0 saturated heterocycles. The summed E-state index contributed by atoms with van der Waals surface area (Å²) in [6, 6.07) is 5.60. The van der Waals surface area contributed by atoms with Gasteiger partial charge in [-0.05, 0) is 30.4 Å². The molecule has 2 rings (SSSR count). The van der Waals surface area contributed by atoms with E-state index in [1.807, 2.05) is 0 Å². The van der Waals surface area contributed by atoms with E-state index in [1.54, 1.807) is 0 Å². The van der Waals surface area contributed by atoms with E-state index in [-0.39, 0.29) is 16.4 Å². The van der Waals surface area contributed by atoms with Crippen LogP contribution in [0.25, 0.3) is 0 Å². The van der Waals surface area contributed by atoms with E-state index in [1.165, 1.54) is 30.7 Å². The average molecular weight is 283 g/mol. The summed E-state index contributed by atoms with van der Waals surface area (Å²) in [5, 5.41) is 17.9. The van der Waals surface area contributed by atoms with E-state index >= 15 is 0 Å². The van der Waals surface area contributed by atoms with Gasteiger partial charge < -0.3 is 10.0 Å². The monoisotopic (exact) mass is 283 g/mol. The average Bonchev–Trinajstić information content (AvgIpc) is 2.39. The number of benzene rings is 1. The van der Waals surface area contributed by atoms with Gasteiger partial charge in [-0.15, -0.1) is 0 Å². The molecule has 0 heterocycles. The zero-order valence-corrected chi connectivity index (χ0v) is 11.4. The van der Waals surface area contributed by atoms with Crippen molar-refractivity contribution in [2.24, 2.45) is 0 Å². The second kappa shape index (κ2) is 6.05. The smallest absolute Gasteiger partial charge is 0.423 e. The molecule has 19 heavy (non-hydrogen) atoms. The maximum absolute atomic E-state index is 12.1. The highest BCUT2D eigenvalue weighted by Gasteiger charge is 2.22. The van der Waals surface area contributed by atoms with Crippen molar-refractivity contribution in [1.29, 1.82) is 0 Å². The lowest BCUT2D eigenvalue weighted by Crippen LogP contribution is -2.36. The van der Waals surface area contributed by atoms with Gasteiger partial charge in [-0.3, -0.25) is 0 Å². The van der Waals surface area contributed by atoms with Crippen molar-refractivity contribution >= 4 is 22.6 Å². The fourth-order valence-electron chi connectivity index (χ4n) is 2.33. The molecular formula is C12H18BNO4S. The highest BCUT2D eigenvalue weighted by atomic mass is 32.2. The van der Waals surface area contributed by atoms with Crippen LogP contribution in [0, 0.1) is 0 Å². The molecular weight excluding hydrogens is 265 g/mol. The van der Waals surface area contributed by atoms with Crippen molar-refractivity contribution in [3.8, 4) is 0 Å². The zero-order valence-electron chi connectivity index (χ0n) is 10.6. The second-order valence-corrected chi connectivity index (χ2v) is 6.61. The normalized spacial score (nSPS) is 17.4. The van der Waals surface area contributed by atoms with E-state index in [9.17, 15) is 8.42 Å². The Kier molecular flexibility index (Phi) is 4.62. The summed E-state index contributed by atoms with van der Waals surface area (Å²) < 4.78 is 27.0. The SMILES string of the molecule is O=S(=O)(NC1CCCCC1)c1ccc(B(O)O)cc1.